The molecule has 0 radical (unpaired) electrons. The molecular weight excluding hydrogens is 425 g/mol. The van der Waals surface area contributed by atoms with Crippen LogP contribution in [0.5, 0.6) is 5.75 Å². The smallest absolute Gasteiger partial charge is 0.338 e. The van der Waals surface area contributed by atoms with Crippen molar-refractivity contribution in [1.29, 1.82) is 0 Å². The van der Waals surface area contributed by atoms with Gasteiger partial charge >= 0.3 is 5.97 Å². The number of esters is 1. The lowest BCUT2D eigenvalue weighted by Gasteiger charge is -2.44. The lowest BCUT2D eigenvalue weighted by Crippen LogP contribution is -2.47. The van der Waals surface area contributed by atoms with Crippen molar-refractivity contribution in [2.75, 3.05) is 27.7 Å². The van der Waals surface area contributed by atoms with Crippen LogP contribution in [0.2, 0.25) is 10.0 Å². The highest BCUT2D eigenvalue weighted by Crippen LogP contribution is 2.44. The molecule has 0 aliphatic heterocycles. The monoisotopic (exact) mass is 451 g/mol. The number of carbonyl (C=O) groups excluding carboxylic acids is 1. The summed E-state index contributed by atoms with van der Waals surface area (Å²) in [5, 5.41) is 12.4. The third-order valence-electron chi connectivity index (χ3n) is 5.65. The molecule has 3 unspecified atom stereocenters. The van der Waals surface area contributed by atoms with Gasteiger partial charge in [0.05, 0.1) is 28.3 Å². The van der Waals surface area contributed by atoms with Crippen LogP contribution in [0.3, 0.4) is 0 Å². The summed E-state index contributed by atoms with van der Waals surface area (Å²) in [6.07, 6.45) is 1.31. The summed E-state index contributed by atoms with van der Waals surface area (Å²) < 4.78 is 11.1. The first kappa shape index (κ1) is 22.9. The van der Waals surface area contributed by atoms with E-state index in [0.29, 0.717) is 47.2 Å². The second kappa shape index (κ2) is 9.56. The Morgan fingerprint density at radius 1 is 1.20 bits per heavy atom. The molecule has 0 amide bonds. The molecule has 162 valence electrons. The maximum atomic E-state index is 12.6. The molecule has 0 heterocycles. The number of hydrogen-bond donors (Lipinski definition) is 1. The summed E-state index contributed by atoms with van der Waals surface area (Å²) in [6, 6.07) is 12.2. The van der Waals surface area contributed by atoms with Gasteiger partial charge in [-0.25, -0.2) is 4.79 Å². The molecule has 1 aliphatic carbocycles. The van der Waals surface area contributed by atoms with E-state index >= 15 is 0 Å². The summed E-state index contributed by atoms with van der Waals surface area (Å²) >= 11 is 12.0. The number of rotatable bonds is 6. The maximum absolute atomic E-state index is 12.6. The van der Waals surface area contributed by atoms with Gasteiger partial charge in [-0.2, -0.15) is 0 Å². The minimum absolute atomic E-state index is 0.111. The summed E-state index contributed by atoms with van der Waals surface area (Å²) in [5.41, 5.74) is 0.163. The quantitative estimate of drug-likeness (QED) is 0.640. The number of halogens is 2. The molecule has 5 nitrogen and oxygen atoms in total. The molecule has 7 heteroatoms. The van der Waals surface area contributed by atoms with Crippen molar-refractivity contribution in [2.24, 2.45) is 5.92 Å². The minimum Gasteiger partial charge on any atom is -0.497 e. The molecule has 3 rings (SSSR count). The fraction of sp³-hybridized carbons (Fsp3) is 0.435. The van der Waals surface area contributed by atoms with Crippen molar-refractivity contribution in [2.45, 2.75) is 31.0 Å². The Morgan fingerprint density at radius 2 is 1.97 bits per heavy atom. The largest absolute Gasteiger partial charge is 0.497 e. The summed E-state index contributed by atoms with van der Waals surface area (Å²) in [7, 11) is 5.55. The Morgan fingerprint density at radius 3 is 2.63 bits per heavy atom. The zero-order valence-corrected chi connectivity index (χ0v) is 18.9. The third kappa shape index (κ3) is 5.09. The molecule has 1 fully saturated rings. The first-order chi connectivity index (χ1) is 14.2. The van der Waals surface area contributed by atoms with Crippen molar-refractivity contribution in [3.8, 4) is 5.75 Å². The molecule has 1 aliphatic rings. The van der Waals surface area contributed by atoms with Gasteiger partial charge < -0.3 is 19.5 Å². The fourth-order valence-corrected chi connectivity index (χ4v) is 4.40. The van der Waals surface area contributed by atoms with Crippen molar-refractivity contribution in [1.82, 2.24) is 4.90 Å². The zero-order chi connectivity index (χ0) is 21.9. The third-order valence-corrected chi connectivity index (χ3v) is 6.39. The lowest BCUT2D eigenvalue weighted by molar-refractivity contribution is -0.0960. The first-order valence-corrected chi connectivity index (χ1v) is 10.7. The van der Waals surface area contributed by atoms with Crippen LogP contribution in [0.1, 0.15) is 35.2 Å². The number of methoxy groups -OCH3 is 1. The van der Waals surface area contributed by atoms with Crippen LogP contribution in [0.4, 0.5) is 0 Å². The van der Waals surface area contributed by atoms with Gasteiger partial charge in [-0.05, 0) is 69.3 Å². The Balaban J connectivity index is 1.78. The summed E-state index contributed by atoms with van der Waals surface area (Å²) in [6.45, 7) is 0.661. The van der Waals surface area contributed by atoms with E-state index in [0.717, 1.165) is 5.56 Å². The molecule has 1 N–H and O–H groups in total. The van der Waals surface area contributed by atoms with E-state index in [1.807, 2.05) is 43.3 Å². The van der Waals surface area contributed by atoms with E-state index in [1.165, 1.54) is 6.07 Å². The molecule has 2 aromatic rings. The van der Waals surface area contributed by atoms with E-state index in [-0.39, 0.29) is 12.0 Å². The molecule has 0 aromatic heterocycles. The van der Waals surface area contributed by atoms with Gasteiger partial charge in [0.1, 0.15) is 11.9 Å². The van der Waals surface area contributed by atoms with E-state index < -0.39 is 11.6 Å². The molecule has 0 spiro atoms. The van der Waals surface area contributed by atoms with Crippen LogP contribution in [-0.4, -0.2) is 49.8 Å². The van der Waals surface area contributed by atoms with E-state index in [2.05, 4.69) is 0 Å². The van der Waals surface area contributed by atoms with Gasteiger partial charge in [-0.1, -0.05) is 35.3 Å². The van der Waals surface area contributed by atoms with E-state index in [1.54, 1.807) is 19.2 Å². The van der Waals surface area contributed by atoms with Crippen molar-refractivity contribution >= 4 is 29.2 Å². The number of hydrogen-bond acceptors (Lipinski definition) is 5. The normalized spacial score (nSPS) is 24.0. The fourth-order valence-electron chi connectivity index (χ4n) is 4.10. The number of ether oxygens (including phenoxy) is 2. The number of aliphatic hydroxyl groups is 1. The van der Waals surface area contributed by atoms with Crippen LogP contribution in [0, 0.1) is 5.92 Å². The second-order valence-electron chi connectivity index (χ2n) is 8.05. The highest BCUT2D eigenvalue weighted by atomic mass is 35.5. The van der Waals surface area contributed by atoms with Crippen molar-refractivity contribution < 1.29 is 19.4 Å². The SMILES string of the molecule is COc1cccc(C2(O)CCC(OC(=O)c3ccc(Cl)c(Cl)c3)CC2CN(C)C)c1. The molecule has 3 atom stereocenters. The Bertz CT molecular complexity index is 905. The average molecular weight is 452 g/mol. The molecule has 1 saturated carbocycles. The van der Waals surface area contributed by atoms with Crippen molar-refractivity contribution in [3.05, 3.63) is 63.6 Å². The minimum atomic E-state index is -1.02. The molecule has 0 bridgehead atoms. The van der Waals surface area contributed by atoms with Gasteiger partial charge in [0, 0.05) is 12.5 Å². The van der Waals surface area contributed by atoms with E-state index in [4.69, 9.17) is 32.7 Å². The topological polar surface area (TPSA) is 59.0 Å². The summed E-state index contributed by atoms with van der Waals surface area (Å²) in [4.78, 5) is 14.6. The van der Waals surface area contributed by atoms with Gasteiger partial charge in [0.15, 0.2) is 0 Å². The van der Waals surface area contributed by atoms with Gasteiger partial charge in [-0.3, -0.25) is 0 Å². The van der Waals surface area contributed by atoms with Crippen LogP contribution in [0.15, 0.2) is 42.5 Å². The van der Waals surface area contributed by atoms with Gasteiger partial charge in [-0.15, -0.1) is 0 Å². The highest BCUT2D eigenvalue weighted by molar-refractivity contribution is 6.42. The summed E-state index contributed by atoms with van der Waals surface area (Å²) in [5.74, 6) is 0.159. The number of nitrogens with zero attached hydrogens (tertiary/aromatic N) is 1. The second-order valence-corrected chi connectivity index (χ2v) is 8.86. The zero-order valence-electron chi connectivity index (χ0n) is 17.4. The predicted octanol–water partition coefficient (Wildman–Crippen LogP) is 4.78. The lowest BCUT2D eigenvalue weighted by atomic mass is 9.70. The Labute approximate surface area is 187 Å². The van der Waals surface area contributed by atoms with Gasteiger partial charge in [0.2, 0.25) is 0 Å². The number of benzene rings is 2. The van der Waals surface area contributed by atoms with Crippen LogP contribution in [0.25, 0.3) is 0 Å². The van der Waals surface area contributed by atoms with Crippen LogP contribution < -0.4 is 4.74 Å². The first-order valence-electron chi connectivity index (χ1n) is 9.90. The predicted molar refractivity (Wildman–Crippen MR) is 118 cm³/mol. The standard InChI is InChI=1S/C23H27Cl2NO4/c1-26(2)14-17-13-19(30-22(27)15-7-8-20(24)21(25)11-15)9-10-23(17,28)16-5-4-6-18(12-16)29-3/h4-8,11-12,17,19,28H,9-10,13-14H2,1-3H3. The Kier molecular flexibility index (Phi) is 7.30. The average Bonchev–Trinajstić information content (AvgIpc) is 2.72. The van der Waals surface area contributed by atoms with Crippen LogP contribution >= 0.6 is 23.2 Å². The Hall–Kier alpha value is -1.79. The molecule has 0 saturated heterocycles. The number of carbonyl (C=O) groups is 1. The molecule has 2 aromatic carbocycles. The maximum Gasteiger partial charge on any atom is 0.338 e. The van der Waals surface area contributed by atoms with E-state index in [9.17, 15) is 9.90 Å². The molecule has 30 heavy (non-hydrogen) atoms. The van der Waals surface area contributed by atoms with Gasteiger partial charge in [0.25, 0.3) is 0 Å². The molecular formula is C23H27Cl2NO4. The van der Waals surface area contributed by atoms with Crippen molar-refractivity contribution in [3.63, 3.8) is 0 Å². The van der Waals surface area contributed by atoms with Crippen LogP contribution in [-0.2, 0) is 10.3 Å². The highest BCUT2D eigenvalue weighted by Gasteiger charge is 2.44.